The summed E-state index contributed by atoms with van der Waals surface area (Å²) < 4.78 is 0. The van der Waals surface area contributed by atoms with Gasteiger partial charge in [0.2, 0.25) is 0 Å². The number of hydrogen-bond acceptors (Lipinski definition) is 2. The number of aliphatic carboxylic acids is 1. The van der Waals surface area contributed by atoms with Crippen LogP contribution in [0.2, 0.25) is 10.0 Å². The lowest BCUT2D eigenvalue weighted by Gasteiger charge is -2.14. The first-order valence-electron chi connectivity index (χ1n) is 5.90. The second-order valence-corrected chi connectivity index (χ2v) is 5.18. The maximum Gasteiger partial charge on any atom is 0.319 e. The molecule has 2 rings (SSSR count). The maximum absolute atomic E-state index is 11.8. The Bertz CT molecular complexity index is 554. The van der Waals surface area contributed by atoms with Crippen molar-refractivity contribution in [3.63, 3.8) is 0 Å². The minimum Gasteiger partial charge on any atom is -0.481 e. The van der Waals surface area contributed by atoms with Crippen LogP contribution in [0.3, 0.4) is 0 Å². The molecule has 0 aromatic heterocycles. The molecule has 0 saturated heterocycles. The highest BCUT2D eigenvalue weighted by Gasteiger charge is 2.25. The van der Waals surface area contributed by atoms with E-state index in [1.54, 1.807) is 30.4 Å². The quantitative estimate of drug-likeness (QED) is 0.750. The van der Waals surface area contributed by atoms with E-state index in [-0.39, 0.29) is 6.04 Å². The van der Waals surface area contributed by atoms with Gasteiger partial charge in [0.1, 0.15) is 0 Å². The summed E-state index contributed by atoms with van der Waals surface area (Å²) in [7, 11) is 0. The zero-order valence-electron chi connectivity index (χ0n) is 10.3. The van der Waals surface area contributed by atoms with Crippen LogP contribution in [0.1, 0.15) is 6.42 Å². The van der Waals surface area contributed by atoms with Crippen molar-refractivity contribution in [2.24, 2.45) is 5.92 Å². The van der Waals surface area contributed by atoms with Gasteiger partial charge in [-0.1, -0.05) is 41.4 Å². The number of nitrogens with one attached hydrogen (secondary N) is 2. The van der Waals surface area contributed by atoms with E-state index < -0.39 is 17.9 Å². The molecule has 1 aromatic rings. The number of carboxylic acids is 1. The van der Waals surface area contributed by atoms with E-state index in [4.69, 9.17) is 28.3 Å². The topological polar surface area (TPSA) is 78.4 Å². The Labute approximate surface area is 125 Å². The molecule has 2 amide bonds. The van der Waals surface area contributed by atoms with Crippen molar-refractivity contribution < 1.29 is 14.7 Å². The Morgan fingerprint density at radius 3 is 2.40 bits per heavy atom. The third-order valence-electron chi connectivity index (χ3n) is 2.92. The Morgan fingerprint density at radius 1 is 1.20 bits per heavy atom. The molecular formula is C13H12Cl2N2O3. The summed E-state index contributed by atoms with van der Waals surface area (Å²) >= 11 is 11.9. The zero-order valence-corrected chi connectivity index (χ0v) is 11.8. The van der Waals surface area contributed by atoms with Crippen molar-refractivity contribution in [1.29, 1.82) is 0 Å². The predicted molar refractivity (Wildman–Crippen MR) is 77.3 cm³/mol. The number of rotatable bonds is 3. The Hall–Kier alpha value is -1.72. The number of benzene rings is 1. The van der Waals surface area contributed by atoms with E-state index in [1.807, 2.05) is 0 Å². The number of amides is 2. The van der Waals surface area contributed by atoms with Crippen molar-refractivity contribution in [1.82, 2.24) is 5.32 Å². The summed E-state index contributed by atoms with van der Waals surface area (Å²) in [5, 5.41) is 14.7. The first-order valence-corrected chi connectivity index (χ1v) is 6.65. The SMILES string of the molecule is O=C(Nc1c(Cl)cccc1Cl)NC1C=CC(C(=O)O)C1. The zero-order chi connectivity index (χ0) is 14.7. The maximum atomic E-state index is 11.8. The molecule has 0 spiro atoms. The van der Waals surface area contributed by atoms with Crippen molar-refractivity contribution in [3.05, 3.63) is 40.4 Å². The highest BCUT2D eigenvalue weighted by Crippen LogP contribution is 2.29. The normalized spacial score (nSPS) is 20.7. The van der Waals surface area contributed by atoms with Gasteiger partial charge >= 0.3 is 12.0 Å². The fourth-order valence-electron chi connectivity index (χ4n) is 1.92. The van der Waals surface area contributed by atoms with Gasteiger partial charge in [0.15, 0.2) is 0 Å². The van der Waals surface area contributed by atoms with E-state index in [0.717, 1.165) is 0 Å². The molecule has 1 aliphatic carbocycles. The molecule has 2 unspecified atom stereocenters. The largest absolute Gasteiger partial charge is 0.481 e. The average molecular weight is 315 g/mol. The number of carbonyl (C=O) groups is 2. The smallest absolute Gasteiger partial charge is 0.319 e. The Balaban J connectivity index is 1.94. The molecule has 3 N–H and O–H groups in total. The second kappa shape index (κ2) is 6.15. The molecular weight excluding hydrogens is 303 g/mol. The van der Waals surface area contributed by atoms with Crippen LogP contribution in [0.4, 0.5) is 10.5 Å². The van der Waals surface area contributed by atoms with Gasteiger partial charge < -0.3 is 15.7 Å². The van der Waals surface area contributed by atoms with Gasteiger partial charge in [-0.15, -0.1) is 0 Å². The molecule has 0 bridgehead atoms. The van der Waals surface area contributed by atoms with Gasteiger partial charge in [0, 0.05) is 0 Å². The van der Waals surface area contributed by atoms with Crippen LogP contribution in [-0.2, 0) is 4.79 Å². The molecule has 106 valence electrons. The standard InChI is InChI=1S/C13H12Cl2N2O3/c14-9-2-1-3-10(15)11(9)17-13(20)16-8-5-4-7(6-8)12(18)19/h1-5,7-8H,6H2,(H,18,19)(H2,16,17,20). The highest BCUT2D eigenvalue weighted by atomic mass is 35.5. The van der Waals surface area contributed by atoms with E-state index in [1.165, 1.54) is 0 Å². The van der Waals surface area contributed by atoms with E-state index in [9.17, 15) is 9.59 Å². The van der Waals surface area contributed by atoms with Crippen LogP contribution in [0.25, 0.3) is 0 Å². The first-order chi connectivity index (χ1) is 9.47. The Morgan fingerprint density at radius 2 is 1.85 bits per heavy atom. The minimum atomic E-state index is -0.903. The van der Waals surface area contributed by atoms with Gasteiger partial charge in [-0.2, -0.15) is 0 Å². The summed E-state index contributed by atoms with van der Waals surface area (Å²) in [5.41, 5.74) is 0.324. The third kappa shape index (κ3) is 3.43. The minimum absolute atomic E-state index is 0.322. The molecule has 0 aliphatic heterocycles. The first kappa shape index (κ1) is 14.7. The summed E-state index contributed by atoms with van der Waals surface area (Å²) in [5.74, 6) is -1.47. The number of urea groups is 1. The van der Waals surface area contributed by atoms with Gasteiger partial charge in [0.05, 0.1) is 27.7 Å². The molecule has 7 heteroatoms. The summed E-state index contributed by atoms with van der Waals surface area (Å²) in [4.78, 5) is 22.6. The third-order valence-corrected chi connectivity index (χ3v) is 3.55. The monoisotopic (exact) mass is 314 g/mol. The van der Waals surface area contributed by atoms with E-state index in [2.05, 4.69) is 10.6 Å². The number of carbonyl (C=O) groups excluding carboxylic acids is 1. The number of carboxylic acid groups (broad SMARTS) is 1. The highest BCUT2D eigenvalue weighted by molar-refractivity contribution is 6.39. The fourth-order valence-corrected chi connectivity index (χ4v) is 2.42. The van der Waals surface area contributed by atoms with Gasteiger partial charge in [0.25, 0.3) is 0 Å². The predicted octanol–water partition coefficient (Wildman–Crippen LogP) is 3.14. The van der Waals surface area contributed by atoms with Crippen molar-refractivity contribution >= 4 is 40.9 Å². The van der Waals surface area contributed by atoms with Crippen LogP contribution >= 0.6 is 23.2 Å². The average Bonchev–Trinajstić information content (AvgIpc) is 2.82. The molecule has 20 heavy (non-hydrogen) atoms. The van der Waals surface area contributed by atoms with Crippen LogP contribution in [-0.4, -0.2) is 23.1 Å². The lowest BCUT2D eigenvalue weighted by Crippen LogP contribution is -2.36. The molecule has 0 radical (unpaired) electrons. The fraction of sp³-hybridized carbons (Fsp3) is 0.231. The number of halogens is 2. The molecule has 1 aliphatic rings. The van der Waals surface area contributed by atoms with Gasteiger partial charge in [-0.3, -0.25) is 4.79 Å². The summed E-state index contributed by atoms with van der Waals surface area (Å²) in [6.45, 7) is 0. The van der Waals surface area contributed by atoms with Crippen LogP contribution in [0, 0.1) is 5.92 Å². The van der Waals surface area contributed by atoms with Crippen LogP contribution in [0.15, 0.2) is 30.4 Å². The molecule has 5 nitrogen and oxygen atoms in total. The van der Waals surface area contributed by atoms with E-state index in [0.29, 0.717) is 22.2 Å². The number of hydrogen-bond donors (Lipinski definition) is 3. The number of anilines is 1. The van der Waals surface area contributed by atoms with Crippen LogP contribution in [0.5, 0.6) is 0 Å². The van der Waals surface area contributed by atoms with Gasteiger partial charge in [-0.05, 0) is 18.6 Å². The van der Waals surface area contributed by atoms with E-state index >= 15 is 0 Å². The van der Waals surface area contributed by atoms with Crippen LogP contribution < -0.4 is 10.6 Å². The van der Waals surface area contributed by atoms with Crippen molar-refractivity contribution in [2.75, 3.05) is 5.32 Å². The second-order valence-electron chi connectivity index (χ2n) is 4.37. The summed E-state index contributed by atoms with van der Waals surface area (Å²) in [6.07, 6.45) is 3.56. The Kier molecular flexibility index (Phi) is 4.52. The van der Waals surface area contributed by atoms with Crippen molar-refractivity contribution in [3.8, 4) is 0 Å². The number of para-hydroxylation sites is 1. The molecule has 1 aromatic carbocycles. The lowest BCUT2D eigenvalue weighted by atomic mass is 10.1. The molecule has 0 fully saturated rings. The van der Waals surface area contributed by atoms with Crippen molar-refractivity contribution in [2.45, 2.75) is 12.5 Å². The molecule has 0 saturated carbocycles. The van der Waals surface area contributed by atoms with Gasteiger partial charge in [-0.25, -0.2) is 4.79 Å². The molecule has 0 heterocycles. The molecule has 2 atom stereocenters. The summed E-state index contributed by atoms with van der Waals surface area (Å²) in [6, 6.07) is 4.08. The lowest BCUT2D eigenvalue weighted by molar-refractivity contribution is -0.140.